The number of carbonyl (C=O) groups excluding carboxylic acids is 1. The maximum atomic E-state index is 12.5. The summed E-state index contributed by atoms with van der Waals surface area (Å²) in [6.07, 6.45) is 3.18. The molecule has 0 N–H and O–H groups in total. The summed E-state index contributed by atoms with van der Waals surface area (Å²) in [5, 5.41) is 0. The quantitative estimate of drug-likeness (QED) is 0.748. The average Bonchev–Trinajstić information content (AvgIpc) is 3.07. The second-order valence-electron chi connectivity index (χ2n) is 5.77. The minimum Gasteiger partial charge on any atom is -0.467 e. The van der Waals surface area contributed by atoms with Crippen LogP contribution < -0.4 is 0 Å². The lowest BCUT2D eigenvalue weighted by Gasteiger charge is -2.21. The molecule has 2 heterocycles. The molecule has 2 aromatic rings. The van der Waals surface area contributed by atoms with E-state index >= 15 is 0 Å². The zero-order chi connectivity index (χ0) is 15.2. The van der Waals surface area contributed by atoms with Gasteiger partial charge in [0.1, 0.15) is 5.76 Å². The van der Waals surface area contributed by atoms with Crippen molar-refractivity contribution in [3.05, 3.63) is 46.0 Å². The van der Waals surface area contributed by atoms with Gasteiger partial charge in [-0.3, -0.25) is 4.79 Å². The Morgan fingerprint density at radius 3 is 2.67 bits per heavy atom. The molecule has 2 rings (SSSR count). The first-order valence-corrected chi connectivity index (χ1v) is 8.21. The molecule has 0 saturated heterocycles. The molecule has 21 heavy (non-hydrogen) atoms. The first-order valence-electron chi connectivity index (χ1n) is 7.40. The molecule has 0 aromatic carbocycles. The van der Waals surface area contributed by atoms with E-state index in [1.807, 2.05) is 17.0 Å². The van der Waals surface area contributed by atoms with Crippen LogP contribution in [-0.4, -0.2) is 10.8 Å². The zero-order valence-corrected chi connectivity index (χ0v) is 13.8. The Kier molecular flexibility index (Phi) is 5.62. The van der Waals surface area contributed by atoms with Gasteiger partial charge in [0.25, 0.3) is 0 Å². The van der Waals surface area contributed by atoms with Crippen molar-refractivity contribution in [2.75, 3.05) is 0 Å². The summed E-state index contributed by atoms with van der Waals surface area (Å²) in [7, 11) is 0. The molecule has 0 atom stereocenters. The standard InChI is InChI=1S/C17H23NO2S/c1-13(2)6-9-17(19)18(11-15-5-4-10-20-15)12-16-8-7-14(3)21-16/h4-5,7-8,10,13H,6,9,11-12H2,1-3H3. The topological polar surface area (TPSA) is 33.5 Å². The van der Waals surface area contributed by atoms with Crippen molar-refractivity contribution in [2.45, 2.75) is 46.7 Å². The van der Waals surface area contributed by atoms with Crippen molar-refractivity contribution < 1.29 is 9.21 Å². The summed E-state index contributed by atoms with van der Waals surface area (Å²) >= 11 is 1.75. The highest BCUT2D eigenvalue weighted by molar-refractivity contribution is 7.11. The van der Waals surface area contributed by atoms with Crippen molar-refractivity contribution in [3.8, 4) is 0 Å². The number of furan rings is 1. The summed E-state index contributed by atoms with van der Waals surface area (Å²) in [6.45, 7) is 7.59. The van der Waals surface area contributed by atoms with Gasteiger partial charge in [-0.25, -0.2) is 0 Å². The fraction of sp³-hybridized carbons (Fsp3) is 0.471. The molecule has 0 aliphatic heterocycles. The third-order valence-corrected chi connectivity index (χ3v) is 4.34. The molecule has 0 fully saturated rings. The van der Waals surface area contributed by atoms with Gasteiger partial charge in [-0.2, -0.15) is 0 Å². The Labute approximate surface area is 130 Å². The summed E-state index contributed by atoms with van der Waals surface area (Å²) in [5.74, 6) is 1.58. The molecule has 2 aromatic heterocycles. The number of amides is 1. The van der Waals surface area contributed by atoms with Gasteiger partial charge >= 0.3 is 0 Å². The van der Waals surface area contributed by atoms with Crippen molar-refractivity contribution in [1.29, 1.82) is 0 Å². The van der Waals surface area contributed by atoms with Crippen LogP contribution in [0.15, 0.2) is 34.9 Å². The molecule has 3 nitrogen and oxygen atoms in total. The van der Waals surface area contributed by atoms with Crippen LogP contribution in [0, 0.1) is 12.8 Å². The molecule has 4 heteroatoms. The van der Waals surface area contributed by atoms with E-state index in [1.54, 1.807) is 17.6 Å². The Bertz CT molecular complexity index is 557. The Balaban J connectivity index is 2.03. The molecular formula is C17H23NO2S. The first-order chi connectivity index (χ1) is 10.0. The summed E-state index contributed by atoms with van der Waals surface area (Å²) in [5.41, 5.74) is 0. The number of aryl methyl sites for hydroxylation is 1. The fourth-order valence-corrected chi connectivity index (χ4v) is 3.06. The minimum absolute atomic E-state index is 0.200. The van der Waals surface area contributed by atoms with Gasteiger partial charge in [0.2, 0.25) is 5.91 Å². The van der Waals surface area contributed by atoms with Crippen LogP contribution in [0.2, 0.25) is 0 Å². The number of carbonyl (C=O) groups is 1. The van der Waals surface area contributed by atoms with Gasteiger partial charge in [-0.1, -0.05) is 13.8 Å². The van der Waals surface area contributed by atoms with E-state index in [2.05, 4.69) is 32.9 Å². The molecular weight excluding hydrogens is 282 g/mol. The second-order valence-corrected chi connectivity index (χ2v) is 7.15. The van der Waals surface area contributed by atoms with E-state index in [0.29, 0.717) is 25.4 Å². The van der Waals surface area contributed by atoms with Crippen LogP contribution in [0.4, 0.5) is 0 Å². The smallest absolute Gasteiger partial charge is 0.223 e. The molecule has 0 bridgehead atoms. The minimum atomic E-state index is 0.200. The van der Waals surface area contributed by atoms with Gasteiger partial charge in [0, 0.05) is 16.2 Å². The molecule has 0 unspecified atom stereocenters. The van der Waals surface area contributed by atoms with Gasteiger partial charge in [-0.15, -0.1) is 11.3 Å². The predicted molar refractivity (Wildman–Crippen MR) is 86.1 cm³/mol. The highest BCUT2D eigenvalue weighted by Crippen LogP contribution is 2.20. The maximum absolute atomic E-state index is 12.5. The van der Waals surface area contributed by atoms with Crippen LogP contribution in [0.1, 0.15) is 42.2 Å². The number of hydrogen-bond acceptors (Lipinski definition) is 3. The second kappa shape index (κ2) is 7.46. The van der Waals surface area contributed by atoms with Gasteiger partial charge in [0.15, 0.2) is 0 Å². The largest absolute Gasteiger partial charge is 0.467 e. The van der Waals surface area contributed by atoms with Gasteiger partial charge in [0.05, 0.1) is 19.4 Å². The van der Waals surface area contributed by atoms with Crippen molar-refractivity contribution in [3.63, 3.8) is 0 Å². The van der Waals surface area contributed by atoms with Gasteiger partial charge < -0.3 is 9.32 Å². The molecule has 114 valence electrons. The highest BCUT2D eigenvalue weighted by atomic mass is 32.1. The van der Waals surface area contributed by atoms with E-state index < -0.39 is 0 Å². The van der Waals surface area contributed by atoms with Crippen LogP contribution in [0.25, 0.3) is 0 Å². The van der Waals surface area contributed by atoms with Crippen LogP contribution >= 0.6 is 11.3 Å². The summed E-state index contributed by atoms with van der Waals surface area (Å²) in [4.78, 5) is 16.9. The highest BCUT2D eigenvalue weighted by Gasteiger charge is 2.17. The Morgan fingerprint density at radius 1 is 1.29 bits per heavy atom. The lowest BCUT2D eigenvalue weighted by Crippen LogP contribution is -2.29. The monoisotopic (exact) mass is 305 g/mol. The van der Waals surface area contributed by atoms with Crippen LogP contribution in [0.3, 0.4) is 0 Å². The van der Waals surface area contributed by atoms with E-state index in [9.17, 15) is 4.79 Å². The molecule has 0 radical (unpaired) electrons. The summed E-state index contributed by atoms with van der Waals surface area (Å²) < 4.78 is 5.39. The summed E-state index contributed by atoms with van der Waals surface area (Å²) in [6, 6.07) is 7.98. The molecule has 0 spiro atoms. The zero-order valence-electron chi connectivity index (χ0n) is 13.0. The lowest BCUT2D eigenvalue weighted by molar-refractivity contribution is -0.133. The lowest BCUT2D eigenvalue weighted by atomic mass is 10.1. The van der Waals surface area contributed by atoms with Crippen LogP contribution in [-0.2, 0) is 17.9 Å². The third kappa shape index (κ3) is 5.05. The average molecular weight is 305 g/mol. The Morgan fingerprint density at radius 2 is 2.10 bits per heavy atom. The van der Waals surface area contributed by atoms with Crippen LogP contribution in [0.5, 0.6) is 0 Å². The number of hydrogen-bond donors (Lipinski definition) is 0. The number of thiophene rings is 1. The fourth-order valence-electron chi connectivity index (χ4n) is 2.15. The predicted octanol–water partition coefficient (Wildman–Crippen LogP) is 4.61. The van der Waals surface area contributed by atoms with E-state index in [1.165, 1.54) is 9.75 Å². The molecule has 0 aliphatic rings. The number of rotatable bonds is 7. The molecule has 1 amide bonds. The van der Waals surface area contributed by atoms with E-state index in [4.69, 9.17) is 4.42 Å². The maximum Gasteiger partial charge on any atom is 0.223 e. The first kappa shape index (κ1) is 15.8. The van der Waals surface area contributed by atoms with Crippen molar-refractivity contribution >= 4 is 17.2 Å². The van der Waals surface area contributed by atoms with E-state index in [-0.39, 0.29) is 5.91 Å². The Hall–Kier alpha value is -1.55. The SMILES string of the molecule is Cc1ccc(CN(Cc2ccco2)C(=O)CCC(C)C)s1. The van der Waals surface area contributed by atoms with Crippen molar-refractivity contribution in [2.24, 2.45) is 5.92 Å². The van der Waals surface area contributed by atoms with Gasteiger partial charge in [-0.05, 0) is 43.5 Å². The van der Waals surface area contributed by atoms with Crippen molar-refractivity contribution in [1.82, 2.24) is 4.90 Å². The third-order valence-electron chi connectivity index (χ3n) is 3.36. The number of nitrogens with zero attached hydrogens (tertiary/aromatic N) is 1. The van der Waals surface area contributed by atoms with E-state index in [0.717, 1.165) is 12.2 Å². The molecule has 0 aliphatic carbocycles. The normalized spacial score (nSPS) is 11.0. The molecule has 0 saturated carbocycles.